The summed E-state index contributed by atoms with van der Waals surface area (Å²) in [6.07, 6.45) is 0.438. The number of morpholine rings is 1. The quantitative estimate of drug-likeness (QED) is 0.883. The molecule has 1 amide bonds. The van der Waals surface area contributed by atoms with Crippen molar-refractivity contribution >= 4 is 16.9 Å². The summed E-state index contributed by atoms with van der Waals surface area (Å²) in [5.74, 6) is 1.06. The summed E-state index contributed by atoms with van der Waals surface area (Å²) in [5.41, 5.74) is 2.96. The fraction of sp³-hybridized carbons (Fsp3) is 0.429. The van der Waals surface area contributed by atoms with E-state index < -0.39 is 0 Å². The zero-order valence-corrected chi connectivity index (χ0v) is 11.0. The van der Waals surface area contributed by atoms with Crippen LogP contribution in [0.15, 0.2) is 18.2 Å². The van der Waals surface area contributed by atoms with E-state index in [0.717, 1.165) is 22.4 Å². The lowest BCUT2D eigenvalue weighted by atomic mass is 10.1. The number of nitrogens with one attached hydrogen (secondary N) is 1. The molecular formula is C14H17N3O2. The SMILES string of the molecule is Cc1nc2ccc(CC(=O)N3CCOCC3)cc2[nH]1. The Bertz CT molecular complexity index is 600. The topological polar surface area (TPSA) is 58.2 Å². The van der Waals surface area contributed by atoms with Gasteiger partial charge in [-0.3, -0.25) is 4.79 Å². The number of benzene rings is 1. The second-order valence-electron chi connectivity index (χ2n) is 4.84. The van der Waals surface area contributed by atoms with E-state index in [2.05, 4.69) is 9.97 Å². The number of carbonyl (C=O) groups excluding carboxylic acids is 1. The van der Waals surface area contributed by atoms with E-state index in [1.54, 1.807) is 0 Å². The predicted molar refractivity (Wildman–Crippen MR) is 71.9 cm³/mol. The number of amides is 1. The highest BCUT2D eigenvalue weighted by Gasteiger charge is 2.17. The molecule has 0 radical (unpaired) electrons. The molecule has 2 heterocycles. The van der Waals surface area contributed by atoms with Gasteiger partial charge < -0.3 is 14.6 Å². The summed E-state index contributed by atoms with van der Waals surface area (Å²) < 4.78 is 5.25. The van der Waals surface area contributed by atoms with E-state index in [0.29, 0.717) is 32.7 Å². The van der Waals surface area contributed by atoms with Gasteiger partial charge in [0.05, 0.1) is 30.7 Å². The second-order valence-corrected chi connectivity index (χ2v) is 4.84. The van der Waals surface area contributed by atoms with Gasteiger partial charge in [-0.25, -0.2) is 4.98 Å². The van der Waals surface area contributed by atoms with E-state index in [1.807, 2.05) is 30.0 Å². The number of rotatable bonds is 2. The van der Waals surface area contributed by atoms with Crippen LogP contribution in [0.5, 0.6) is 0 Å². The fourth-order valence-electron chi connectivity index (χ4n) is 2.39. The van der Waals surface area contributed by atoms with Crippen molar-refractivity contribution in [2.75, 3.05) is 26.3 Å². The number of hydrogen-bond acceptors (Lipinski definition) is 3. The molecule has 1 aromatic carbocycles. The van der Waals surface area contributed by atoms with E-state index in [-0.39, 0.29) is 5.91 Å². The molecule has 1 saturated heterocycles. The molecular weight excluding hydrogens is 242 g/mol. The minimum absolute atomic E-state index is 0.166. The summed E-state index contributed by atoms with van der Waals surface area (Å²) in [4.78, 5) is 21.6. The Labute approximate surface area is 111 Å². The first kappa shape index (κ1) is 12.2. The lowest BCUT2D eigenvalue weighted by molar-refractivity contribution is -0.134. The molecule has 2 aromatic rings. The van der Waals surface area contributed by atoms with Gasteiger partial charge in [-0.1, -0.05) is 6.07 Å². The molecule has 1 aromatic heterocycles. The number of fused-ring (bicyclic) bond motifs is 1. The highest BCUT2D eigenvalue weighted by atomic mass is 16.5. The third kappa shape index (κ3) is 2.61. The van der Waals surface area contributed by atoms with Crippen molar-refractivity contribution in [3.05, 3.63) is 29.6 Å². The van der Waals surface area contributed by atoms with Gasteiger partial charge in [-0.2, -0.15) is 0 Å². The lowest BCUT2D eigenvalue weighted by Gasteiger charge is -2.26. The number of aryl methyl sites for hydroxylation is 1. The molecule has 0 bridgehead atoms. The van der Waals surface area contributed by atoms with Crippen molar-refractivity contribution in [1.82, 2.24) is 14.9 Å². The van der Waals surface area contributed by atoms with E-state index in [4.69, 9.17) is 4.74 Å². The number of H-pyrrole nitrogens is 1. The smallest absolute Gasteiger partial charge is 0.227 e. The van der Waals surface area contributed by atoms with Crippen LogP contribution in [0.4, 0.5) is 0 Å². The van der Waals surface area contributed by atoms with Crippen molar-refractivity contribution in [2.45, 2.75) is 13.3 Å². The van der Waals surface area contributed by atoms with Crippen LogP contribution in [0.25, 0.3) is 11.0 Å². The van der Waals surface area contributed by atoms with Crippen LogP contribution in [0.2, 0.25) is 0 Å². The number of aromatic nitrogens is 2. The van der Waals surface area contributed by atoms with Crippen molar-refractivity contribution in [3.8, 4) is 0 Å². The first-order valence-corrected chi connectivity index (χ1v) is 6.53. The maximum absolute atomic E-state index is 12.2. The van der Waals surface area contributed by atoms with E-state index >= 15 is 0 Å². The number of carbonyl (C=O) groups is 1. The maximum atomic E-state index is 12.2. The molecule has 0 spiro atoms. The molecule has 0 unspecified atom stereocenters. The van der Waals surface area contributed by atoms with Gasteiger partial charge in [0.2, 0.25) is 5.91 Å². The molecule has 5 nitrogen and oxygen atoms in total. The van der Waals surface area contributed by atoms with Gasteiger partial charge in [0, 0.05) is 13.1 Å². The van der Waals surface area contributed by atoms with Crippen LogP contribution in [-0.2, 0) is 16.0 Å². The molecule has 0 aliphatic carbocycles. The van der Waals surface area contributed by atoms with Crippen LogP contribution in [0.3, 0.4) is 0 Å². The third-order valence-electron chi connectivity index (χ3n) is 3.38. The monoisotopic (exact) mass is 259 g/mol. The van der Waals surface area contributed by atoms with Gasteiger partial charge in [0.15, 0.2) is 0 Å². The van der Waals surface area contributed by atoms with Crippen molar-refractivity contribution in [3.63, 3.8) is 0 Å². The number of nitrogens with zero attached hydrogens (tertiary/aromatic N) is 2. The summed E-state index contributed by atoms with van der Waals surface area (Å²) in [6.45, 7) is 4.61. The van der Waals surface area contributed by atoms with Crippen LogP contribution in [-0.4, -0.2) is 47.1 Å². The Balaban J connectivity index is 1.74. The molecule has 5 heteroatoms. The molecule has 0 atom stereocenters. The maximum Gasteiger partial charge on any atom is 0.227 e. The van der Waals surface area contributed by atoms with Gasteiger partial charge in [0.25, 0.3) is 0 Å². The minimum atomic E-state index is 0.166. The number of imidazole rings is 1. The Hall–Kier alpha value is -1.88. The first-order chi connectivity index (χ1) is 9.22. The largest absolute Gasteiger partial charge is 0.378 e. The highest BCUT2D eigenvalue weighted by Crippen LogP contribution is 2.14. The van der Waals surface area contributed by atoms with E-state index in [1.165, 1.54) is 0 Å². The van der Waals surface area contributed by atoms with Crippen molar-refractivity contribution in [1.29, 1.82) is 0 Å². The molecule has 100 valence electrons. The number of aromatic amines is 1. The zero-order chi connectivity index (χ0) is 13.2. The summed E-state index contributed by atoms with van der Waals surface area (Å²) >= 11 is 0. The average molecular weight is 259 g/mol. The Morgan fingerprint density at radius 3 is 3.00 bits per heavy atom. The van der Waals surface area contributed by atoms with E-state index in [9.17, 15) is 4.79 Å². The molecule has 1 aliphatic rings. The Kier molecular flexibility index (Phi) is 3.21. The van der Waals surface area contributed by atoms with Crippen LogP contribution < -0.4 is 0 Å². The molecule has 1 aliphatic heterocycles. The average Bonchev–Trinajstić information content (AvgIpc) is 2.79. The summed E-state index contributed by atoms with van der Waals surface area (Å²) in [6, 6.07) is 5.94. The molecule has 1 fully saturated rings. The summed E-state index contributed by atoms with van der Waals surface area (Å²) in [5, 5.41) is 0. The highest BCUT2D eigenvalue weighted by molar-refractivity contribution is 5.81. The Morgan fingerprint density at radius 1 is 1.42 bits per heavy atom. The minimum Gasteiger partial charge on any atom is -0.378 e. The molecule has 19 heavy (non-hydrogen) atoms. The fourth-order valence-corrected chi connectivity index (χ4v) is 2.39. The normalized spacial score (nSPS) is 15.9. The number of hydrogen-bond donors (Lipinski definition) is 1. The van der Waals surface area contributed by atoms with Gasteiger partial charge in [-0.15, -0.1) is 0 Å². The first-order valence-electron chi connectivity index (χ1n) is 6.53. The van der Waals surface area contributed by atoms with Gasteiger partial charge in [0.1, 0.15) is 5.82 Å². The molecule has 0 saturated carbocycles. The van der Waals surface area contributed by atoms with Crippen LogP contribution in [0, 0.1) is 6.92 Å². The Morgan fingerprint density at radius 2 is 2.21 bits per heavy atom. The molecule has 1 N–H and O–H groups in total. The van der Waals surface area contributed by atoms with Gasteiger partial charge in [-0.05, 0) is 24.6 Å². The predicted octanol–water partition coefficient (Wildman–Crippen LogP) is 1.27. The van der Waals surface area contributed by atoms with Crippen LogP contribution >= 0.6 is 0 Å². The third-order valence-corrected chi connectivity index (χ3v) is 3.38. The van der Waals surface area contributed by atoms with Gasteiger partial charge >= 0.3 is 0 Å². The second kappa shape index (κ2) is 5.01. The zero-order valence-electron chi connectivity index (χ0n) is 11.0. The van der Waals surface area contributed by atoms with Crippen LogP contribution in [0.1, 0.15) is 11.4 Å². The van der Waals surface area contributed by atoms with Crippen molar-refractivity contribution < 1.29 is 9.53 Å². The molecule has 3 rings (SSSR count). The summed E-state index contributed by atoms with van der Waals surface area (Å²) in [7, 11) is 0. The lowest BCUT2D eigenvalue weighted by Crippen LogP contribution is -2.41. The van der Waals surface area contributed by atoms with Crippen molar-refractivity contribution in [2.24, 2.45) is 0 Å². The number of ether oxygens (including phenoxy) is 1. The standard InChI is InChI=1S/C14H17N3O2/c1-10-15-12-3-2-11(8-13(12)16-10)9-14(18)17-4-6-19-7-5-17/h2-3,8H,4-7,9H2,1H3,(H,15,16).